The van der Waals surface area contributed by atoms with E-state index in [1.165, 1.54) is 16.8 Å². The van der Waals surface area contributed by atoms with E-state index >= 15 is 0 Å². The summed E-state index contributed by atoms with van der Waals surface area (Å²) in [5, 5.41) is 7.59. The first-order valence-electron chi connectivity index (χ1n) is 9.11. The predicted octanol–water partition coefficient (Wildman–Crippen LogP) is 4.00. The molecule has 0 spiro atoms. The van der Waals surface area contributed by atoms with Crippen LogP contribution in [0.15, 0.2) is 53.3 Å². The maximum atomic E-state index is 12.9. The third-order valence-corrected chi connectivity index (χ3v) is 4.33. The lowest BCUT2D eigenvalue weighted by atomic mass is 10.1. The van der Waals surface area contributed by atoms with Gasteiger partial charge in [-0.15, -0.1) is 0 Å². The van der Waals surface area contributed by atoms with Crippen LogP contribution >= 0.6 is 0 Å². The zero-order chi connectivity index (χ0) is 21.2. The summed E-state index contributed by atoms with van der Waals surface area (Å²) >= 11 is 0. The Kier molecular flexibility index (Phi) is 5.72. The molecule has 5 nitrogen and oxygen atoms in total. The Labute approximate surface area is 165 Å². The molecule has 0 saturated heterocycles. The number of nitrogens with zero attached hydrogens (tertiary/aromatic N) is 2. The van der Waals surface area contributed by atoms with Gasteiger partial charge in [0.1, 0.15) is 0 Å². The molecule has 0 aliphatic carbocycles. The minimum atomic E-state index is -4.45. The molecule has 0 aliphatic rings. The van der Waals surface area contributed by atoms with Crippen LogP contribution in [0.1, 0.15) is 35.5 Å². The number of hydrogen-bond acceptors (Lipinski definition) is 3. The van der Waals surface area contributed by atoms with Crippen LogP contribution in [-0.4, -0.2) is 15.7 Å². The van der Waals surface area contributed by atoms with Gasteiger partial charge in [-0.25, -0.2) is 4.68 Å². The number of carbonyl (C=O) groups excluding carboxylic acids is 1. The van der Waals surface area contributed by atoms with Gasteiger partial charge in [-0.05, 0) is 29.7 Å². The van der Waals surface area contributed by atoms with Crippen LogP contribution in [-0.2, 0) is 19.3 Å². The second-order valence-electron chi connectivity index (χ2n) is 7.16. The first kappa shape index (κ1) is 20.6. The maximum absolute atomic E-state index is 12.9. The summed E-state index contributed by atoms with van der Waals surface area (Å²) in [6.45, 7) is 4.10. The highest BCUT2D eigenvalue weighted by atomic mass is 19.4. The largest absolute Gasteiger partial charge is 0.416 e. The molecular weight excluding hydrogens is 383 g/mol. The van der Waals surface area contributed by atoms with Crippen LogP contribution in [0.2, 0.25) is 0 Å². The normalized spacial score (nSPS) is 11.8. The summed E-state index contributed by atoms with van der Waals surface area (Å²) in [6, 6.07) is 11.4. The number of benzene rings is 2. The fourth-order valence-corrected chi connectivity index (χ4v) is 3.00. The first-order valence-corrected chi connectivity index (χ1v) is 9.11. The van der Waals surface area contributed by atoms with Crippen molar-refractivity contribution >= 4 is 16.7 Å². The van der Waals surface area contributed by atoms with Gasteiger partial charge in [-0.2, -0.15) is 18.3 Å². The fourth-order valence-electron chi connectivity index (χ4n) is 3.00. The number of alkyl halides is 3. The highest BCUT2D eigenvalue weighted by Gasteiger charge is 2.30. The molecule has 1 aromatic heterocycles. The van der Waals surface area contributed by atoms with Gasteiger partial charge >= 0.3 is 6.18 Å². The van der Waals surface area contributed by atoms with Crippen molar-refractivity contribution in [1.29, 1.82) is 0 Å². The average molecular weight is 403 g/mol. The number of halogens is 3. The van der Waals surface area contributed by atoms with Gasteiger partial charge in [0.2, 0.25) is 0 Å². The van der Waals surface area contributed by atoms with Crippen molar-refractivity contribution in [1.82, 2.24) is 15.1 Å². The lowest BCUT2D eigenvalue weighted by Crippen LogP contribution is -2.31. The molecule has 152 valence electrons. The van der Waals surface area contributed by atoms with Crippen LogP contribution in [0.4, 0.5) is 13.2 Å². The number of amides is 1. The van der Waals surface area contributed by atoms with Crippen molar-refractivity contribution in [2.75, 3.05) is 0 Å². The Balaban J connectivity index is 1.91. The minimum absolute atomic E-state index is 0.0628. The van der Waals surface area contributed by atoms with Gasteiger partial charge in [0.15, 0.2) is 5.69 Å². The molecular formula is C21H20F3N3O2. The molecule has 0 aliphatic heterocycles. The van der Waals surface area contributed by atoms with Gasteiger partial charge in [0.25, 0.3) is 11.5 Å². The van der Waals surface area contributed by atoms with E-state index in [0.717, 1.165) is 12.1 Å². The molecule has 0 fully saturated rings. The average Bonchev–Trinajstić information content (AvgIpc) is 2.67. The number of rotatable bonds is 5. The Morgan fingerprint density at radius 2 is 1.79 bits per heavy atom. The van der Waals surface area contributed by atoms with Crippen molar-refractivity contribution in [3.8, 4) is 0 Å². The molecule has 0 bridgehead atoms. The third-order valence-electron chi connectivity index (χ3n) is 4.33. The van der Waals surface area contributed by atoms with Crippen LogP contribution in [0.25, 0.3) is 10.8 Å². The summed E-state index contributed by atoms with van der Waals surface area (Å²) in [7, 11) is 0. The summed E-state index contributed by atoms with van der Waals surface area (Å²) in [5.41, 5.74) is -0.692. The summed E-state index contributed by atoms with van der Waals surface area (Å²) in [5.74, 6) is -0.418. The van der Waals surface area contributed by atoms with Gasteiger partial charge in [-0.1, -0.05) is 44.2 Å². The Morgan fingerprint density at radius 1 is 1.10 bits per heavy atom. The van der Waals surface area contributed by atoms with Crippen LogP contribution < -0.4 is 10.9 Å². The quantitative estimate of drug-likeness (QED) is 0.700. The van der Waals surface area contributed by atoms with E-state index in [0.29, 0.717) is 22.9 Å². The Bertz CT molecular complexity index is 1100. The van der Waals surface area contributed by atoms with E-state index in [-0.39, 0.29) is 23.7 Å². The topological polar surface area (TPSA) is 64.0 Å². The first-order chi connectivity index (χ1) is 13.7. The van der Waals surface area contributed by atoms with E-state index < -0.39 is 17.6 Å². The monoisotopic (exact) mass is 403 g/mol. The highest BCUT2D eigenvalue weighted by molar-refractivity contribution is 6.04. The molecule has 2 aromatic carbocycles. The predicted molar refractivity (Wildman–Crippen MR) is 103 cm³/mol. The Hall–Kier alpha value is -3.16. The van der Waals surface area contributed by atoms with E-state index in [9.17, 15) is 22.8 Å². The fraction of sp³-hybridized carbons (Fsp3) is 0.286. The van der Waals surface area contributed by atoms with E-state index in [2.05, 4.69) is 10.4 Å². The third kappa shape index (κ3) is 4.64. The summed E-state index contributed by atoms with van der Waals surface area (Å²) < 4.78 is 39.8. The van der Waals surface area contributed by atoms with Gasteiger partial charge in [0, 0.05) is 18.5 Å². The Morgan fingerprint density at radius 3 is 2.45 bits per heavy atom. The second-order valence-corrected chi connectivity index (χ2v) is 7.16. The zero-order valence-corrected chi connectivity index (χ0v) is 16.0. The standard InChI is InChI=1S/C21H20F3N3O2/c1-13(2)12-27-20(29)17-9-4-3-8-16(17)18(26-27)19(28)25-11-14-6-5-7-15(10-14)21(22,23)24/h3-10,13H,11-12H2,1-2H3,(H,25,28). The van der Waals surface area contributed by atoms with E-state index in [1.54, 1.807) is 24.3 Å². The molecule has 0 saturated carbocycles. The summed E-state index contributed by atoms with van der Waals surface area (Å²) in [4.78, 5) is 25.4. The molecule has 8 heteroatoms. The van der Waals surface area contributed by atoms with Crippen molar-refractivity contribution in [3.05, 3.63) is 75.7 Å². The molecule has 3 aromatic rings. The van der Waals surface area contributed by atoms with Crippen molar-refractivity contribution in [3.63, 3.8) is 0 Å². The van der Waals surface area contributed by atoms with Crippen molar-refractivity contribution in [2.45, 2.75) is 33.1 Å². The molecule has 0 unspecified atom stereocenters. The van der Waals surface area contributed by atoms with Crippen LogP contribution in [0.5, 0.6) is 0 Å². The molecule has 1 heterocycles. The van der Waals surface area contributed by atoms with Gasteiger partial charge in [0.05, 0.1) is 10.9 Å². The summed E-state index contributed by atoms with van der Waals surface area (Å²) in [6.07, 6.45) is -4.45. The molecule has 1 N–H and O–H groups in total. The van der Waals surface area contributed by atoms with Gasteiger partial charge in [-0.3, -0.25) is 9.59 Å². The molecule has 0 atom stereocenters. The second kappa shape index (κ2) is 8.06. The van der Waals surface area contributed by atoms with E-state index in [4.69, 9.17) is 0 Å². The number of hydrogen-bond donors (Lipinski definition) is 1. The van der Waals surface area contributed by atoms with Crippen molar-refractivity contribution in [2.24, 2.45) is 5.92 Å². The van der Waals surface area contributed by atoms with Crippen LogP contribution in [0.3, 0.4) is 0 Å². The highest BCUT2D eigenvalue weighted by Crippen LogP contribution is 2.29. The van der Waals surface area contributed by atoms with E-state index in [1.807, 2.05) is 13.8 Å². The van der Waals surface area contributed by atoms with Crippen molar-refractivity contribution < 1.29 is 18.0 Å². The number of aromatic nitrogens is 2. The molecule has 3 rings (SSSR count). The maximum Gasteiger partial charge on any atom is 0.416 e. The molecule has 1 amide bonds. The number of nitrogens with one attached hydrogen (secondary N) is 1. The SMILES string of the molecule is CC(C)Cn1nc(C(=O)NCc2cccc(C(F)(F)F)c2)c2ccccc2c1=O. The lowest BCUT2D eigenvalue weighted by Gasteiger charge is -2.13. The van der Waals surface area contributed by atoms with Gasteiger partial charge < -0.3 is 5.32 Å². The lowest BCUT2D eigenvalue weighted by molar-refractivity contribution is -0.137. The minimum Gasteiger partial charge on any atom is -0.347 e. The van der Waals surface area contributed by atoms with Crippen LogP contribution in [0, 0.1) is 5.92 Å². The number of carbonyl (C=O) groups is 1. The molecule has 29 heavy (non-hydrogen) atoms. The molecule has 0 radical (unpaired) electrons. The zero-order valence-electron chi connectivity index (χ0n) is 16.0. The number of fused-ring (bicyclic) bond motifs is 1. The smallest absolute Gasteiger partial charge is 0.347 e.